The van der Waals surface area contributed by atoms with Gasteiger partial charge in [-0.05, 0) is 30.5 Å². The highest BCUT2D eigenvalue weighted by Crippen LogP contribution is 2.08. The van der Waals surface area contributed by atoms with Crippen LogP contribution in [-0.4, -0.2) is 32.9 Å². The minimum atomic E-state index is -2.95. The third-order valence-electron chi connectivity index (χ3n) is 2.61. The largest absolute Gasteiger partial charge is 0.399 e. The molecule has 3 N–H and O–H groups in total. The summed E-state index contributed by atoms with van der Waals surface area (Å²) in [7, 11) is -2.95. The van der Waals surface area contributed by atoms with Crippen molar-refractivity contribution in [3.05, 3.63) is 29.8 Å². The van der Waals surface area contributed by atoms with E-state index in [1.165, 1.54) is 6.26 Å². The van der Waals surface area contributed by atoms with Gasteiger partial charge in [-0.2, -0.15) is 0 Å². The molecule has 1 rings (SSSR count). The smallest absolute Gasteiger partial charge is 0.220 e. The molecule has 0 aliphatic heterocycles. The highest BCUT2D eigenvalue weighted by molar-refractivity contribution is 7.90. The molecule has 0 aliphatic carbocycles. The summed E-state index contributed by atoms with van der Waals surface area (Å²) in [6.07, 6.45) is 2.64. The second kappa shape index (κ2) is 7.13. The number of aryl methyl sites for hydroxylation is 1. The van der Waals surface area contributed by atoms with E-state index in [4.69, 9.17) is 5.73 Å². The van der Waals surface area contributed by atoms with Gasteiger partial charge in [0, 0.05) is 24.9 Å². The molecular formula is C13H20N2O3S. The first kappa shape index (κ1) is 15.5. The Labute approximate surface area is 114 Å². The maximum atomic E-state index is 11.5. The van der Waals surface area contributed by atoms with E-state index in [0.717, 1.165) is 5.56 Å². The second-order valence-corrected chi connectivity index (χ2v) is 6.84. The van der Waals surface area contributed by atoms with Gasteiger partial charge in [-0.3, -0.25) is 4.79 Å². The first-order valence-electron chi connectivity index (χ1n) is 6.16. The van der Waals surface area contributed by atoms with Crippen LogP contribution in [0.2, 0.25) is 0 Å². The van der Waals surface area contributed by atoms with Crippen molar-refractivity contribution in [2.75, 3.05) is 24.3 Å². The molecule has 6 heteroatoms. The Morgan fingerprint density at radius 2 is 2.11 bits per heavy atom. The molecule has 0 saturated heterocycles. The molecule has 0 aromatic heterocycles. The van der Waals surface area contributed by atoms with Crippen LogP contribution in [-0.2, 0) is 21.1 Å². The number of hydrogen-bond donors (Lipinski definition) is 2. The van der Waals surface area contributed by atoms with Crippen LogP contribution in [0, 0.1) is 0 Å². The third-order valence-corrected chi connectivity index (χ3v) is 3.64. The highest BCUT2D eigenvalue weighted by Gasteiger charge is 2.04. The van der Waals surface area contributed by atoms with Gasteiger partial charge >= 0.3 is 0 Å². The lowest BCUT2D eigenvalue weighted by atomic mass is 10.1. The Morgan fingerprint density at radius 3 is 2.74 bits per heavy atom. The first-order valence-corrected chi connectivity index (χ1v) is 8.22. The fourth-order valence-corrected chi connectivity index (χ4v) is 2.33. The Hall–Kier alpha value is -1.56. The summed E-state index contributed by atoms with van der Waals surface area (Å²) >= 11 is 0. The molecule has 0 spiro atoms. The number of carbonyl (C=O) groups is 1. The van der Waals surface area contributed by atoms with Crippen molar-refractivity contribution in [3.63, 3.8) is 0 Å². The van der Waals surface area contributed by atoms with E-state index in [0.29, 0.717) is 31.5 Å². The van der Waals surface area contributed by atoms with E-state index in [-0.39, 0.29) is 11.7 Å². The van der Waals surface area contributed by atoms with Gasteiger partial charge < -0.3 is 11.1 Å². The van der Waals surface area contributed by atoms with Gasteiger partial charge in [0.15, 0.2) is 0 Å². The molecule has 1 aromatic carbocycles. The van der Waals surface area contributed by atoms with E-state index in [1.807, 2.05) is 18.2 Å². The summed E-state index contributed by atoms with van der Waals surface area (Å²) in [6, 6.07) is 7.42. The van der Waals surface area contributed by atoms with Crippen molar-refractivity contribution in [3.8, 4) is 0 Å². The molecule has 0 unspecified atom stereocenters. The van der Waals surface area contributed by atoms with Crippen LogP contribution < -0.4 is 11.1 Å². The molecule has 0 bridgehead atoms. The summed E-state index contributed by atoms with van der Waals surface area (Å²) in [5.41, 5.74) is 7.35. The summed E-state index contributed by atoms with van der Waals surface area (Å²) in [6.45, 7) is 0.392. The number of nitrogens with two attached hydrogens (primary N) is 1. The zero-order chi connectivity index (χ0) is 14.3. The van der Waals surface area contributed by atoms with E-state index >= 15 is 0 Å². The molecule has 0 atom stereocenters. The van der Waals surface area contributed by atoms with Gasteiger partial charge in [0.05, 0.1) is 5.75 Å². The van der Waals surface area contributed by atoms with Crippen LogP contribution in [0.5, 0.6) is 0 Å². The van der Waals surface area contributed by atoms with Gasteiger partial charge in [0.25, 0.3) is 0 Å². The maximum Gasteiger partial charge on any atom is 0.220 e. The molecule has 0 saturated carbocycles. The average molecular weight is 284 g/mol. The quantitative estimate of drug-likeness (QED) is 0.571. The zero-order valence-electron chi connectivity index (χ0n) is 11.1. The standard InChI is InChI=1S/C13H20N2O3S/c1-19(17,18)9-3-8-15-13(16)7-6-11-4-2-5-12(14)10-11/h2,4-5,10H,3,6-9,14H2,1H3,(H,15,16). The molecule has 0 radical (unpaired) electrons. The zero-order valence-corrected chi connectivity index (χ0v) is 11.9. The average Bonchev–Trinajstić information content (AvgIpc) is 2.31. The Balaban J connectivity index is 2.21. The van der Waals surface area contributed by atoms with Crippen LogP contribution >= 0.6 is 0 Å². The summed E-state index contributed by atoms with van der Waals surface area (Å²) in [4.78, 5) is 11.5. The number of amides is 1. The molecule has 0 fully saturated rings. The van der Waals surface area contributed by atoms with Crippen LogP contribution in [0.15, 0.2) is 24.3 Å². The number of carbonyl (C=O) groups excluding carboxylic acids is 1. The topological polar surface area (TPSA) is 89.3 Å². The number of sulfone groups is 1. The second-order valence-electron chi connectivity index (χ2n) is 4.58. The molecule has 106 valence electrons. The minimum Gasteiger partial charge on any atom is -0.399 e. The number of benzene rings is 1. The molecule has 1 aromatic rings. The van der Waals surface area contributed by atoms with Gasteiger partial charge in [-0.15, -0.1) is 0 Å². The van der Waals surface area contributed by atoms with E-state index in [2.05, 4.69) is 5.32 Å². The number of nitrogens with one attached hydrogen (secondary N) is 1. The number of nitrogen functional groups attached to an aromatic ring is 1. The van der Waals surface area contributed by atoms with Crippen molar-refractivity contribution in [1.82, 2.24) is 5.32 Å². The molecule has 0 aliphatic rings. The van der Waals surface area contributed by atoms with Gasteiger partial charge in [0.1, 0.15) is 9.84 Å². The van der Waals surface area contributed by atoms with Crippen molar-refractivity contribution >= 4 is 21.4 Å². The lowest BCUT2D eigenvalue weighted by Gasteiger charge is -2.05. The van der Waals surface area contributed by atoms with E-state index in [9.17, 15) is 13.2 Å². The minimum absolute atomic E-state index is 0.0732. The number of rotatable bonds is 7. The normalized spacial score (nSPS) is 11.2. The third kappa shape index (κ3) is 7.46. The number of hydrogen-bond acceptors (Lipinski definition) is 4. The Morgan fingerprint density at radius 1 is 1.37 bits per heavy atom. The summed E-state index contributed by atoms with van der Waals surface area (Å²) in [5, 5.41) is 2.71. The summed E-state index contributed by atoms with van der Waals surface area (Å²) in [5.74, 6) is 0.0265. The molecule has 0 heterocycles. The Bertz CT molecular complexity index is 526. The lowest BCUT2D eigenvalue weighted by molar-refractivity contribution is -0.121. The first-order chi connectivity index (χ1) is 8.87. The predicted octanol–water partition coefficient (Wildman–Crippen LogP) is 0.752. The lowest BCUT2D eigenvalue weighted by Crippen LogP contribution is -2.26. The fourth-order valence-electron chi connectivity index (χ4n) is 1.66. The van der Waals surface area contributed by atoms with Gasteiger partial charge in [0.2, 0.25) is 5.91 Å². The molecular weight excluding hydrogens is 264 g/mol. The van der Waals surface area contributed by atoms with Crippen LogP contribution in [0.4, 0.5) is 5.69 Å². The number of anilines is 1. The molecule has 1 amide bonds. The van der Waals surface area contributed by atoms with Gasteiger partial charge in [-0.1, -0.05) is 12.1 Å². The van der Waals surface area contributed by atoms with Crippen LogP contribution in [0.1, 0.15) is 18.4 Å². The fraction of sp³-hybridized carbons (Fsp3) is 0.462. The molecule has 5 nitrogen and oxygen atoms in total. The van der Waals surface area contributed by atoms with Crippen molar-refractivity contribution in [2.45, 2.75) is 19.3 Å². The molecule has 19 heavy (non-hydrogen) atoms. The predicted molar refractivity (Wildman–Crippen MR) is 76.5 cm³/mol. The monoisotopic (exact) mass is 284 g/mol. The van der Waals surface area contributed by atoms with E-state index in [1.54, 1.807) is 6.07 Å². The maximum absolute atomic E-state index is 11.5. The van der Waals surface area contributed by atoms with Crippen molar-refractivity contribution in [2.24, 2.45) is 0 Å². The SMILES string of the molecule is CS(=O)(=O)CCCNC(=O)CCc1cccc(N)c1. The van der Waals surface area contributed by atoms with E-state index < -0.39 is 9.84 Å². The highest BCUT2D eigenvalue weighted by atomic mass is 32.2. The van der Waals surface area contributed by atoms with Crippen LogP contribution in [0.3, 0.4) is 0 Å². The Kier molecular flexibility index (Phi) is 5.82. The summed E-state index contributed by atoms with van der Waals surface area (Å²) < 4.78 is 21.8. The van der Waals surface area contributed by atoms with Crippen LogP contribution in [0.25, 0.3) is 0 Å². The van der Waals surface area contributed by atoms with Crippen molar-refractivity contribution in [1.29, 1.82) is 0 Å². The van der Waals surface area contributed by atoms with Crippen molar-refractivity contribution < 1.29 is 13.2 Å². The van der Waals surface area contributed by atoms with Gasteiger partial charge in [-0.25, -0.2) is 8.42 Å².